The number of rotatable bonds is 5. The maximum atomic E-state index is 5.98. The maximum absolute atomic E-state index is 5.98. The van der Waals surface area contributed by atoms with Crippen LogP contribution in [0.15, 0.2) is 34.9 Å². The molecule has 2 atom stereocenters. The Morgan fingerprint density at radius 2 is 2.20 bits per heavy atom. The van der Waals surface area contributed by atoms with Gasteiger partial charge in [-0.3, -0.25) is 9.88 Å². The summed E-state index contributed by atoms with van der Waals surface area (Å²) < 4.78 is 7.00. The van der Waals surface area contributed by atoms with Crippen LogP contribution in [0.5, 0.6) is 5.75 Å². The van der Waals surface area contributed by atoms with Crippen molar-refractivity contribution in [2.75, 3.05) is 19.7 Å². The van der Waals surface area contributed by atoms with Crippen LogP contribution >= 0.6 is 15.9 Å². The highest BCUT2D eigenvalue weighted by Gasteiger charge is 2.38. The van der Waals surface area contributed by atoms with E-state index in [1.807, 2.05) is 24.4 Å². The zero-order valence-electron chi connectivity index (χ0n) is 11.3. The Morgan fingerprint density at radius 1 is 1.30 bits per heavy atom. The van der Waals surface area contributed by atoms with Crippen LogP contribution in [0.3, 0.4) is 0 Å². The van der Waals surface area contributed by atoms with Gasteiger partial charge in [0, 0.05) is 24.7 Å². The van der Waals surface area contributed by atoms with E-state index in [1.54, 1.807) is 0 Å². The lowest BCUT2D eigenvalue weighted by atomic mass is 10.2. The largest absolute Gasteiger partial charge is 0.491 e. The van der Waals surface area contributed by atoms with E-state index in [1.165, 1.54) is 25.9 Å². The minimum absolute atomic E-state index is 0.618. The Bertz CT molecular complexity index is 641. The fourth-order valence-electron chi connectivity index (χ4n) is 2.63. The van der Waals surface area contributed by atoms with Gasteiger partial charge in [0.1, 0.15) is 12.4 Å². The zero-order valence-corrected chi connectivity index (χ0v) is 12.8. The molecule has 1 aliphatic heterocycles. The number of hydrogen-bond acceptors (Lipinski definition) is 3. The molecule has 3 nitrogen and oxygen atoms in total. The van der Waals surface area contributed by atoms with Crippen molar-refractivity contribution in [2.45, 2.75) is 18.9 Å². The van der Waals surface area contributed by atoms with E-state index in [0.717, 1.165) is 33.6 Å². The lowest BCUT2D eigenvalue weighted by Crippen LogP contribution is -2.13. The molecule has 2 aromatic rings. The second-order valence-electron chi connectivity index (χ2n) is 5.81. The molecule has 104 valence electrons. The number of aromatic nitrogens is 1. The summed E-state index contributed by atoms with van der Waals surface area (Å²) in [7, 11) is 0. The highest BCUT2D eigenvalue weighted by Crippen LogP contribution is 2.35. The summed E-state index contributed by atoms with van der Waals surface area (Å²) in [5, 5.41) is 1.11. The first-order valence-corrected chi connectivity index (χ1v) is 8.00. The van der Waals surface area contributed by atoms with E-state index < -0.39 is 0 Å². The second kappa shape index (κ2) is 5.01. The molecule has 20 heavy (non-hydrogen) atoms. The van der Waals surface area contributed by atoms with Gasteiger partial charge in [-0.1, -0.05) is 6.07 Å². The number of halogens is 1. The molecule has 0 amide bonds. The molecule has 1 saturated heterocycles. The SMILES string of the molecule is Brc1c(OCC2CN2CC2CC2)ccc2ncccc12. The summed E-state index contributed by atoms with van der Waals surface area (Å²) in [6.07, 6.45) is 4.66. The number of benzene rings is 1. The first-order chi connectivity index (χ1) is 9.81. The average Bonchev–Trinajstić information content (AvgIpc) is 3.38. The topological polar surface area (TPSA) is 25.1 Å². The smallest absolute Gasteiger partial charge is 0.134 e. The molecule has 4 heteroatoms. The van der Waals surface area contributed by atoms with Gasteiger partial charge >= 0.3 is 0 Å². The van der Waals surface area contributed by atoms with Crippen LogP contribution in [0.4, 0.5) is 0 Å². The first-order valence-electron chi connectivity index (χ1n) is 7.21. The van der Waals surface area contributed by atoms with Crippen LogP contribution in [-0.2, 0) is 0 Å². The van der Waals surface area contributed by atoms with Gasteiger partial charge in [-0.15, -0.1) is 0 Å². The number of fused-ring (bicyclic) bond motifs is 1. The lowest BCUT2D eigenvalue weighted by Gasteiger charge is -2.10. The Morgan fingerprint density at radius 3 is 3.05 bits per heavy atom. The van der Waals surface area contributed by atoms with Crippen molar-refractivity contribution >= 4 is 26.8 Å². The summed E-state index contributed by atoms with van der Waals surface area (Å²) in [6, 6.07) is 8.66. The van der Waals surface area contributed by atoms with Crippen molar-refractivity contribution in [3.8, 4) is 5.75 Å². The molecule has 2 heterocycles. The predicted octanol–water partition coefficient (Wildman–Crippen LogP) is 3.47. The van der Waals surface area contributed by atoms with E-state index in [4.69, 9.17) is 4.74 Å². The van der Waals surface area contributed by atoms with Gasteiger partial charge in [0.2, 0.25) is 0 Å². The van der Waals surface area contributed by atoms with Crippen LogP contribution in [0, 0.1) is 5.92 Å². The molecular formula is C16H17BrN2O. The standard InChI is InChI=1S/C16H17BrN2O/c17-16-13-2-1-7-18-14(13)5-6-15(16)20-10-12-9-19(12)8-11-3-4-11/h1-2,5-7,11-12H,3-4,8-10H2. The molecule has 2 unspecified atom stereocenters. The van der Waals surface area contributed by atoms with Crippen LogP contribution in [0.25, 0.3) is 10.9 Å². The molecule has 0 spiro atoms. The van der Waals surface area contributed by atoms with Gasteiger partial charge in [0.25, 0.3) is 0 Å². The summed E-state index contributed by atoms with van der Waals surface area (Å²) in [4.78, 5) is 6.87. The summed E-state index contributed by atoms with van der Waals surface area (Å²) in [5.74, 6) is 1.89. The van der Waals surface area contributed by atoms with Gasteiger partial charge in [-0.25, -0.2) is 0 Å². The summed E-state index contributed by atoms with van der Waals surface area (Å²) in [6.45, 7) is 3.26. The van der Waals surface area contributed by atoms with Crippen molar-refractivity contribution in [3.05, 3.63) is 34.9 Å². The highest BCUT2D eigenvalue weighted by atomic mass is 79.9. The Hall–Kier alpha value is -1.13. The Labute approximate surface area is 127 Å². The number of nitrogens with zero attached hydrogens (tertiary/aromatic N) is 2. The Balaban J connectivity index is 1.42. The Kier molecular flexibility index (Phi) is 3.15. The second-order valence-corrected chi connectivity index (χ2v) is 6.60. The molecular weight excluding hydrogens is 316 g/mol. The molecule has 0 bridgehead atoms. The van der Waals surface area contributed by atoms with Crippen LogP contribution < -0.4 is 4.74 Å². The van der Waals surface area contributed by atoms with Crippen molar-refractivity contribution in [3.63, 3.8) is 0 Å². The van der Waals surface area contributed by atoms with Crippen LogP contribution in [0.2, 0.25) is 0 Å². The molecule has 2 aliphatic rings. The highest BCUT2D eigenvalue weighted by molar-refractivity contribution is 9.10. The van der Waals surface area contributed by atoms with E-state index >= 15 is 0 Å². The fraction of sp³-hybridized carbons (Fsp3) is 0.438. The molecule has 1 aromatic heterocycles. The van der Waals surface area contributed by atoms with Crippen molar-refractivity contribution < 1.29 is 4.74 Å². The molecule has 4 rings (SSSR count). The van der Waals surface area contributed by atoms with Gasteiger partial charge in [-0.2, -0.15) is 0 Å². The van der Waals surface area contributed by atoms with Crippen molar-refractivity contribution in [2.24, 2.45) is 5.92 Å². The average molecular weight is 333 g/mol. The zero-order chi connectivity index (χ0) is 13.5. The predicted molar refractivity (Wildman–Crippen MR) is 83.0 cm³/mol. The van der Waals surface area contributed by atoms with Crippen molar-refractivity contribution in [1.82, 2.24) is 9.88 Å². The van der Waals surface area contributed by atoms with Crippen LogP contribution in [-0.4, -0.2) is 35.6 Å². The van der Waals surface area contributed by atoms with E-state index in [2.05, 4.69) is 31.9 Å². The van der Waals surface area contributed by atoms with E-state index in [9.17, 15) is 0 Å². The third-order valence-corrected chi connectivity index (χ3v) is 4.95. The molecule has 0 N–H and O–H groups in total. The van der Waals surface area contributed by atoms with E-state index in [-0.39, 0.29) is 0 Å². The molecule has 0 radical (unpaired) electrons. The van der Waals surface area contributed by atoms with Crippen molar-refractivity contribution in [1.29, 1.82) is 0 Å². The lowest BCUT2D eigenvalue weighted by molar-refractivity contribution is 0.291. The van der Waals surface area contributed by atoms with Gasteiger partial charge in [0.15, 0.2) is 0 Å². The third kappa shape index (κ3) is 2.54. The fourth-order valence-corrected chi connectivity index (χ4v) is 3.21. The van der Waals surface area contributed by atoms with E-state index in [0.29, 0.717) is 6.04 Å². The number of pyridine rings is 1. The third-order valence-electron chi connectivity index (χ3n) is 4.13. The quantitative estimate of drug-likeness (QED) is 0.784. The normalized spacial score (nSPS) is 24.9. The molecule has 1 aromatic carbocycles. The summed E-state index contributed by atoms with van der Waals surface area (Å²) >= 11 is 3.64. The minimum Gasteiger partial charge on any atom is -0.491 e. The monoisotopic (exact) mass is 332 g/mol. The van der Waals surface area contributed by atoms with Gasteiger partial charge < -0.3 is 4.74 Å². The molecule has 2 fully saturated rings. The molecule has 1 saturated carbocycles. The number of hydrogen-bond donors (Lipinski definition) is 0. The van der Waals surface area contributed by atoms with Gasteiger partial charge in [0.05, 0.1) is 16.0 Å². The minimum atomic E-state index is 0.618. The molecule has 1 aliphatic carbocycles. The van der Waals surface area contributed by atoms with Crippen LogP contribution in [0.1, 0.15) is 12.8 Å². The first kappa shape index (κ1) is 12.6. The van der Waals surface area contributed by atoms with Gasteiger partial charge in [-0.05, 0) is 52.9 Å². The maximum Gasteiger partial charge on any atom is 0.134 e. The number of ether oxygens (including phenoxy) is 1. The summed E-state index contributed by atoms with van der Waals surface area (Å²) in [5.41, 5.74) is 0.994.